The van der Waals surface area contributed by atoms with Gasteiger partial charge in [0, 0.05) is 19.5 Å². The molecule has 0 fully saturated rings. The van der Waals surface area contributed by atoms with Crippen molar-refractivity contribution in [2.75, 3.05) is 0 Å². The van der Waals surface area contributed by atoms with Crippen LogP contribution in [0.1, 0.15) is 1.43 Å². The Kier molecular flexibility index (Phi) is 130. The van der Waals surface area contributed by atoms with Gasteiger partial charge in [0.15, 0.2) is 0 Å². The molecule has 0 heterocycles. The van der Waals surface area contributed by atoms with Crippen LogP contribution in [0.3, 0.4) is 0 Å². The van der Waals surface area contributed by atoms with Gasteiger partial charge in [-0.3, -0.25) is 0 Å². The van der Waals surface area contributed by atoms with Crippen LogP contribution >= 0.6 is 48.0 Å². The maximum Gasteiger partial charge on any atom is 1.00 e. The Morgan fingerprint density at radius 3 is 1.00 bits per heavy atom. The fourth-order valence-corrected chi connectivity index (χ4v) is 0. The smallest absolute Gasteiger partial charge is 1.00 e. The van der Waals surface area contributed by atoms with Gasteiger partial charge in [-0.1, -0.05) is 0 Å². The molecular weight excluding hydrogens is 326 g/mol. The van der Waals surface area contributed by atoms with Crippen LogP contribution in [0.25, 0.3) is 0 Å². The summed E-state index contributed by atoms with van der Waals surface area (Å²) >= 11 is 0. The average Bonchev–Trinajstić information content (AvgIpc) is 0. The Morgan fingerprint density at radius 2 is 1.00 bits per heavy atom. The van der Waals surface area contributed by atoms with Gasteiger partial charge < -0.3 is 1.43 Å². The zero-order chi connectivity index (χ0) is 0. The van der Waals surface area contributed by atoms with E-state index in [1.165, 1.54) is 0 Å². The van der Waals surface area contributed by atoms with Gasteiger partial charge in [0.1, 0.15) is 0 Å². The molecule has 0 spiro atoms. The summed E-state index contributed by atoms with van der Waals surface area (Å²) in [5.74, 6) is 0. The molecule has 4 heavy (non-hydrogen) atoms. The van der Waals surface area contributed by atoms with Crippen molar-refractivity contribution in [3.8, 4) is 0 Å². The van der Waals surface area contributed by atoms with Crippen LogP contribution < -0.4 is 18.9 Å². The Labute approximate surface area is 86.3 Å². The zero-order valence-corrected chi connectivity index (χ0v) is 10.2. The third-order valence-electron chi connectivity index (χ3n) is 0. The molecule has 0 amide bonds. The monoisotopic (exact) mass is 328 g/mol. The average molecular weight is 329 g/mol. The van der Waals surface area contributed by atoms with E-state index in [1.807, 2.05) is 0 Å². The SMILES string of the molecule is I.I.[H-].[Li+].[Zn]. The third kappa shape index (κ3) is 8.82. The fraction of sp³-hybridized carbons (Fsp3) is 0. The quantitative estimate of drug-likeness (QED) is 0.369. The van der Waals surface area contributed by atoms with Gasteiger partial charge in [0.2, 0.25) is 0 Å². The van der Waals surface area contributed by atoms with E-state index in [1.54, 1.807) is 0 Å². The van der Waals surface area contributed by atoms with Crippen LogP contribution in [-0.4, -0.2) is 0 Å². The summed E-state index contributed by atoms with van der Waals surface area (Å²) in [4.78, 5) is 0. The van der Waals surface area contributed by atoms with Crippen molar-refractivity contribution in [1.29, 1.82) is 0 Å². The largest absolute Gasteiger partial charge is 1.00 e. The Hall–Kier alpha value is 2.68. The minimum absolute atomic E-state index is 0. The minimum Gasteiger partial charge on any atom is -1.00 e. The van der Waals surface area contributed by atoms with E-state index in [-0.39, 0.29) is 87.7 Å². The molecular formula is H3I2LiZn. The Balaban J connectivity index is 0. The van der Waals surface area contributed by atoms with Crippen molar-refractivity contribution >= 4 is 48.0 Å². The summed E-state index contributed by atoms with van der Waals surface area (Å²) in [6.07, 6.45) is 0. The third-order valence-corrected chi connectivity index (χ3v) is 0. The fourth-order valence-electron chi connectivity index (χ4n) is 0. The Morgan fingerprint density at radius 1 is 1.00 bits per heavy atom. The number of hydrogen-bond donors (Lipinski definition) is 0. The van der Waals surface area contributed by atoms with Gasteiger partial charge in [-0.05, 0) is 0 Å². The van der Waals surface area contributed by atoms with E-state index >= 15 is 0 Å². The van der Waals surface area contributed by atoms with Crippen molar-refractivity contribution in [3.63, 3.8) is 0 Å². The summed E-state index contributed by atoms with van der Waals surface area (Å²) in [5, 5.41) is 0. The van der Waals surface area contributed by atoms with E-state index in [4.69, 9.17) is 0 Å². The molecule has 0 saturated carbocycles. The van der Waals surface area contributed by atoms with Gasteiger partial charge in [-0.2, -0.15) is 0 Å². The molecule has 0 aromatic rings. The van der Waals surface area contributed by atoms with E-state index in [9.17, 15) is 0 Å². The van der Waals surface area contributed by atoms with Crippen molar-refractivity contribution in [2.45, 2.75) is 0 Å². The second kappa shape index (κ2) is 17.3. The first-order chi connectivity index (χ1) is 0. The molecule has 0 aliphatic carbocycles. The van der Waals surface area contributed by atoms with E-state index in [0.29, 0.717) is 0 Å². The molecule has 20 valence electrons. The molecule has 0 saturated heterocycles. The van der Waals surface area contributed by atoms with Gasteiger partial charge in [-0.25, -0.2) is 0 Å². The Bertz CT molecular complexity index is 9.61. The normalized spacial score (nSPS) is 0. The van der Waals surface area contributed by atoms with Crippen molar-refractivity contribution in [2.24, 2.45) is 0 Å². The molecule has 0 aliphatic heterocycles. The minimum atomic E-state index is 0. The van der Waals surface area contributed by atoms with Crippen molar-refractivity contribution in [3.05, 3.63) is 0 Å². The topological polar surface area (TPSA) is 0 Å². The van der Waals surface area contributed by atoms with Gasteiger partial charge >= 0.3 is 18.9 Å². The van der Waals surface area contributed by atoms with Gasteiger partial charge in [0.05, 0.1) is 0 Å². The van der Waals surface area contributed by atoms with Crippen LogP contribution in [0.4, 0.5) is 0 Å². The summed E-state index contributed by atoms with van der Waals surface area (Å²) < 4.78 is 0. The summed E-state index contributed by atoms with van der Waals surface area (Å²) in [6, 6.07) is 0. The molecule has 0 aromatic heterocycles. The maximum atomic E-state index is 0. The van der Waals surface area contributed by atoms with Crippen LogP contribution in [0.2, 0.25) is 0 Å². The first-order valence-corrected chi connectivity index (χ1v) is 0. The van der Waals surface area contributed by atoms with Gasteiger partial charge in [-0.15, -0.1) is 48.0 Å². The van der Waals surface area contributed by atoms with Crippen molar-refractivity contribution in [1.82, 2.24) is 0 Å². The maximum absolute atomic E-state index is 0. The second-order valence-corrected chi connectivity index (χ2v) is 0. The molecule has 0 unspecified atom stereocenters. The molecule has 0 bridgehead atoms. The molecule has 0 nitrogen and oxygen atoms in total. The first kappa shape index (κ1) is 30.0. The molecule has 4 heteroatoms. The molecule has 0 N–H and O–H groups in total. The molecule has 0 radical (unpaired) electrons. The second-order valence-electron chi connectivity index (χ2n) is 0. The van der Waals surface area contributed by atoms with Crippen LogP contribution in [-0.2, 0) is 19.5 Å². The van der Waals surface area contributed by atoms with E-state index in [2.05, 4.69) is 0 Å². The predicted molar refractivity (Wildman–Crippen MR) is 31.9 cm³/mol. The van der Waals surface area contributed by atoms with Crippen LogP contribution in [0, 0.1) is 0 Å². The molecule has 0 aliphatic rings. The number of hydrogen-bond acceptors (Lipinski definition) is 0. The first-order valence-electron chi connectivity index (χ1n) is 0. The summed E-state index contributed by atoms with van der Waals surface area (Å²) in [5.41, 5.74) is 0. The van der Waals surface area contributed by atoms with E-state index < -0.39 is 0 Å². The molecule has 0 rings (SSSR count). The zero-order valence-electron chi connectivity index (χ0n) is 3.52. The number of halogens is 2. The predicted octanol–water partition coefficient (Wildman–Crippen LogP) is -1.65. The summed E-state index contributed by atoms with van der Waals surface area (Å²) in [6.45, 7) is 0. The van der Waals surface area contributed by atoms with E-state index in [0.717, 1.165) is 0 Å². The van der Waals surface area contributed by atoms with Gasteiger partial charge in [0.25, 0.3) is 0 Å². The molecule has 0 aromatic carbocycles. The van der Waals surface area contributed by atoms with Crippen LogP contribution in [0.5, 0.6) is 0 Å². The van der Waals surface area contributed by atoms with Crippen molar-refractivity contribution < 1.29 is 39.8 Å². The standard InChI is InChI=1S/2HI.Li.Zn.H/h2*1H;;;/q;;+1;;-1. The van der Waals surface area contributed by atoms with Crippen LogP contribution in [0.15, 0.2) is 0 Å². The number of rotatable bonds is 0. The molecule has 0 atom stereocenters. The summed E-state index contributed by atoms with van der Waals surface area (Å²) in [7, 11) is 0.